The van der Waals surface area contributed by atoms with Crippen LogP contribution in [0, 0.1) is 0 Å². The Labute approximate surface area is 183 Å². The molecule has 0 spiro atoms. The molecule has 0 aromatic rings. The molecule has 0 fully saturated rings. The number of carboxylic acid groups (broad SMARTS) is 1. The van der Waals surface area contributed by atoms with Gasteiger partial charge in [-0.15, -0.1) is 0 Å². The van der Waals surface area contributed by atoms with Gasteiger partial charge in [-0.2, -0.15) is 11.8 Å². The zero-order valence-corrected chi connectivity index (χ0v) is 18.2. The number of nitrogens with two attached hydrogens (primary N) is 2. The van der Waals surface area contributed by atoms with Gasteiger partial charge >= 0.3 is 5.97 Å². The van der Waals surface area contributed by atoms with Crippen LogP contribution < -0.4 is 27.4 Å². The lowest BCUT2D eigenvalue weighted by atomic mass is 10.1. The van der Waals surface area contributed by atoms with Gasteiger partial charge in [0, 0.05) is 6.42 Å². The molecule has 0 aromatic heterocycles. The lowest BCUT2D eigenvalue weighted by Crippen LogP contribution is -2.58. The van der Waals surface area contributed by atoms with E-state index in [1.165, 1.54) is 18.7 Å². The van der Waals surface area contributed by atoms with Crippen LogP contribution in [0.2, 0.25) is 0 Å². The highest BCUT2D eigenvalue weighted by Gasteiger charge is 2.30. The van der Waals surface area contributed by atoms with E-state index in [0.717, 1.165) is 0 Å². The number of rotatable bonds is 15. The lowest BCUT2D eigenvalue weighted by molar-refractivity contribution is -0.143. The smallest absolute Gasteiger partial charge is 0.328 e. The molecule has 0 aliphatic heterocycles. The van der Waals surface area contributed by atoms with Gasteiger partial charge in [-0.05, 0) is 31.8 Å². The maximum Gasteiger partial charge on any atom is 0.328 e. The van der Waals surface area contributed by atoms with Crippen molar-refractivity contribution >= 4 is 41.4 Å². The van der Waals surface area contributed by atoms with Crippen LogP contribution in [0.3, 0.4) is 0 Å². The number of nitrogens with one attached hydrogen (secondary N) is 3. The summed E-state index contributed by atoms with van der Waals surface area (Å²) in [6.07, 6.45) is 0.266. The van der Waals surface area contributed by atoms with Crippen molar-refractivity contribution in [2.45, 2.75) is 56.5 Å². The van der Waals surface area contributed by atoms with Gasteiger partial charge in [-0.3, -0.25) is 19.2 Å². The van der Waals surface area contributed by atoms with Crippen LogP contribution in [0.5, 0.6) is 0 Å². The highest BCUT2D eigenvalue weighted by molar-refractivity contribution is 7.98. The summed E-state index contributed by atoms with van der Waals surface area (Å²) in [4.78, 5) is 59.4. The molecule has 0 aliphatic carbocycles. The SMILES string of the molecule is CSCCC(NC(=O)C(N)C(C)O)C(=O)NC(CCC(N)=O)C(=O)NC(CO)C(=O)O. The fourth-order valence-electron chi connectivity index (χ4n) is 2.28. The Morgan fingerprint density at radius 2 is 1.42 bits per heavy atom. The van der Waals surface area contributed by atoms with Gasteiger partial charge in [-0.1, -0.05) is 0 Å². The van der Waals surface area contributed by atoms with E-state index in [-0.39, 0.29) is 19.3 Å². The Morgan fingerprint density at radius 1 is 0.935 bits per heavy atom. The first-order chi connectivity index (χ1) is 14.4. The number of primary amides is 1. The minimum atomic E-state index is -1.61. The summed E-state index contributed by atoms with van der Waals surface area (Å²) in [5.74, 6) is -4.29. The van der Waals surface area contributed by atoms with Gasteiger partial charge in [0.05, 0.1) is 12.7 Å². The molecule has 31 heavy (non-hydrogen) atoms. The van der Waals surface area contributed by atoms with Gasteiger partial charge in [0.25, 0.3) is 0 Å². The van der Waals surface area contributed by atoms with E-state index >= 15 is 0 Å². The van der Waals surface area contributed by atoms with Gasteiger partial charge in [-0.25, -0.2) is 4.79 Å². The Bertz CT molecular complexity index is 648. The van der Waals surface area contributed by atoms with Crippen LogP contribution >= 0.6 is 11.8 Å². The molecule has 0 radical (unpaired) electrons. The number of aliphatic hydroxyl groups excluding tert-OH is 2. The molecule has 4 amide bonds. The summed E-state index contributed by atoms with van der Waals surface area (Å²) in [6, 6.07) is -5.36. The predicted octanol–water partition coefficient (Wildman–Crippen LogP) is -3.76. The number of carbonyl (C=O) groups excluding carboxylic acids is 4. The molecule has 0 aliphatic rings. The summed E-state index contributed by atoms with van der Waals surface area (Å²) >= 11 is 1.40. The largest absolute Gasteiger partial charge is 0.480 e. The third-order valence-electron chi connectivity index (χ3n) is 4.18. The molecule has 0 heterocycles. The van der Waals surface area contributed by atoms with Crippen molar-refractivity contribution in [3.63, 3.8) is 0 Å². The highest BCUT2D eigenvalue weighted by Crippen LogP contribution is 2.05. The van der Waals surface area contributed by atoms with Crippen LogP contribution in [0.25, 0.3) is 0 Å². The lowest BCUT2D eigenvalue weighted by Gasteiger charge is -2.25. The summed E-state index contributed by atoms with van der Waals surface area (Å²) < 4.78 is 0. The number of carboxylic acids is 1. The molecule has 0 saturated heterocycles. The number of aliphatic hydroxyl groups is 2. The zero-order valence-electron chi connectivity index (χ0n) is 17.4. The first-order valence-corrected chi connectivity index (χ1v) is 10.8. The van der Waals surface area contributed by atoms with E-state index in [9.17, 15) is 29.1 Å². The molecule has 5 atom stereocenters. The average Bonchev–Trinajstić information content (AvgIpc) is 2.70. The van der Waals surface area contributed by atoms with Gasteiger partial charge < -0.3 is 42.7 Å². The van der Waals surface area contributed by atoms with Gasteiger partial charge in [0.15, 0.2) is 0 Å². The molecule has 0 rings (SSSR count). The van der Waals surface area contributed by atoms with E-state index in [1.54, 1.807) is 6.26 Å². The fraction of sp³-hybridized carbons (Fsp3) is 0.706. The predicted molar refractivity (Wildman–Crippen MR) is 112 cm³/mol. The molecule has 178 valence electrons. The summed E-state index contributed by atoms with van der Waals surface area (Å²) in [5.41, 5.74) is 10.7. The second-order valence-corrected chi connectivity index (χ2v) is 7.74. The number of thioether (sulfide) groups is 1. The maximum atomic E-state index is 12.7. The Balaban J connectivity index is 5.43. The van der Waals surface area contributed by atoms with E-state index < -0.39 is 66.5 Å². The molecule has 0 saturated carbocycles. The first-order valence-electron chi connectivity index (χ1n) is 9.40. The first kappa shape index (κ1) is 28.6. The van der Waals surface area contributed by atoms with Crippen molar-refractivity contribution in [2.75, 3.05) is 18.6 Å². The monoisotopic (exact) mass is 465 g/mol. The molecule has 5 unspecified atom stereocenters. The summed E-state index contributed by atoms with van der Waals surface area (Å²) in [6.45, 7) is 0.423. The quantitative estimate of drug-likeness (QED) is 0.118. The summed E-state index contributed by atoms with van der Waals surface area (Å²) in [7, 11) is 0. The van der Waals surface area contributed by atoms with Crippen LogP contribution in [-0.4, -0.2) is 93.8 Å². The van der Waals surface area contributed by atoms with E-state index in [0.29, 0.717) is 5.75 Å². The Hall–Kier alpha value is -2.42. The standard InChI is InChI=1S/C17H31N5O8S/c1-8(24)13(19)16(28)21-10(5-6-31-2)15(27)20-9(3-4-12(18)25)14(26)22-11(7-23)17(29)30/h8-11,13,23-24H,3-7,19H2,1-2H3,(H2,18,25)(H,20,27)(H,21,28)(H,22,26)(H,29,30). The van der Waals surface area contributed by atoms with Crippen molar-refractivity contribution in [3.8, 4) is 0 Å². The zero-order chi connectivity index (χ0) is 24.1. The van der Waals surface area contributed by atoms with Crippen molar-refractivity contribution in [2.24, 2.45) is 11.5 Å². The molecular weight excluding hydrogens is 434 g/mol. The van der Waals surface area contributed by atoms with Crippen molar-refractivity contribution in [3.05, 3.63) is 0 Å². The van der Waals surface area contributed by atoms with Crippen molar-refractivity contribution in [1.82, 2.24) is 16.0 Å². The molecule has 10 N–H and O–H groups in total. The van der Waals surface area contributed by atoms with Crippen LogP contribution in [-0.2, 0) is 24.0 Å². The van der Waals surface area contributed by atoms with E-state index in [2.05, 4.69) is 16.0 Å². The molecule has 14 heteroatoms. The molecule has 13 nitrogen and oxygen atoms in total. The van der Waals surface area contributed by atoms with Gasteiger partial charge in [0.1, 0.15) is 24.2 Å². The van der Waals surface area contributed by atoms with Crippen molar-refractivity contribution < 1.29 is 39.3 Å². The number of amides is 4. The minimum absolute atomic E-state index is 0.170. The Morgan fingerprint density at radius 3 is 1.84 bits per heavy atom. The minimum Gasteiger partial charge on any atom is -0.480 e. The van der Waals surface area contributed by atoms with Crippen molar-refractivity contribution in [1.29, 1.82) is 0 Å². The average molecular weight is 466 g/mol. The Kier molecular flexibility index (Phi) is 13.4. The van der Waals surface area contributed by atoms with E-state index in [1.807, 2.05) is 0 Å². The van der Waals surface area contributed by atoms with E-state index in [4.69, 9.17) is 21.7 Å². The molecule has 0 aromatic carbocycles. The second-order valence-electron chi connectivity index (χ2n) is 6.76. The third-order valence-corrected chi connectivity index (χ3v) is 4.82. The molecular formula is C17H31N5O8S. The second kappa shape index (κ2) is 14.6. The normalized spacial score (nSPS) is 15.6. The third kappa shape index (κ3) is 11.0. The fourth-order valence-corrected chi connectivity index (χ4v) is 2.75. The summed E-state index contributed by atoms with van der Waals surface area (Å²) in [5, 5.41) is 34.3. The van der Waals surface area contributed by atoms with Gasteiger partial charge in [0.2, 0.25) is 23.6 Å². The maximum absolute atomic E-state index is 12.7. The number of aliphatic carboxylic acids is 1. The number of carbonyl (C=O) groups is 5. The van der Waals surface area contributed by atoms with Crippen LogP contribution in [0.4, 0.5) is 0 Å². The molecule has 0 bridgehead atoms. The topological polar surface area (TPSA) is 234 Å². The highest BCUT2D eigenvalue weighted by atomic mass is 32.2. The number of hydrogen-bond donors (Lipinski definition) is 8. The number of hydrogen-bond acceptors (Lipinski definition) is 9. The van der Waals surface area contributed by atoms with Crippen LogP contribution in [0.15, 0.2) is 0 Å². The van der Waals surface area contributed by atoms with Crippen LogP contribution in [0.1, 0.15) is 26.2 Å².